The summed E-state index contributed by atoms with van der Waals surface area (Å²) in [6.45, 7) is 6.34. The smallest absolute Gasteiger partial charge is 0.153 e. The number of nitriles is 2. The Labute approximate surface area is 99.0 Å². The highest BCUT2D eigenvalue weighted by Crippen LogP contribution is 2.02. The number of nitrogens with zero attached hydrogens (tertiary/aromatic N) is 3. The predicted molar refractivity (Wildman–Crippen MR) is 65.2 cm³/mol. The molecule has 0 saturated carbocycles. The van der Waals surface area contributed by atoms with Gasteiger partial charge in [-0.3, -0.25) is 0 Å². The van der Waals surface area contributed by atoms with Crippen LogP contribution in [0.3, 0.4) is 0 Å². The molecule has 0 heterocycles. The standard InChI is InChI=1S/C13H21N3/c1-3-5-8-16(9-6-4-2)10-7-13(11-14)12-15/h7,10,13H,3-6,8-9H2,1-2H3. The SMILES string of the molecule is CCCCN(C=CC(C#N)C#N)CCCC. The van der Waals surface area contributed by atoms with Crippen molar-refractivity contribution in [3.8, 4) is 12.1 Å². The zero-order chi connectivity index (χ0) is 12.2. The molecule has 0 atom stereocenters. The van der Waals surface area contributed by atoms with Gasteiger partial charge in [0.05, 0.1) is 12.1 Å². The lowest BCUT2D eigenvalue weighted by atomic mass is 10.2. The van der Waals surface area contributed by atoms with Crippen LogP contribution in [0.25, 0.3) is 0 Å². The third kappa shape index (κ3) is 6.90. The van der Waals surface area contributed by atoms with E-state index < -0.39 is 5.92 Å². The van der Waals surface area contributed by atoms with Crippen molar-refractivity contribution in [3.63, 3.8) is 0 Å². The van der Waals surface area contributed by atoms with Crippen LogP contribution in [0.4, 0.5) is 0 Å². The zero-order valence-electron chi connectivity index (χ0n) is 10.3. The lowest BCUT2D eigenvalue weighted by molar-refractivity contribution is 0.359. The molecule has 0 spiro atoms. The second kappa shape index (κ2) is 10.1. The molecule has 3 nitrogen and oxygen atoms in total. The summed E-state index contributed by atoms with van der Waals surface area (Å²) in [5.74, 6) is -0.620. The third-order valence-electron chi connectivity index (χ3n) is 2.37. The molecule has 0 saturated heterocycles. The fraction of sp³-hybridized carbons (Fsp3) is 0.692. The summed E-state index contributed by atoms with van der Waals surface area (Å²) in [4.78, 5) is 2.20. The molecule has 16 heavy (non-hydrogen) atoms. The van der Waals surface area contributed by atoms with E-state index in [9.17, 15) is 0 Å². The Balaban J connectivity index is 4.18. The van der Waals surface area contributed by atoms with Crippen LogP contribution in [0.15, 0.2) is 12.3 Å². The van der Waals surface area contributed by atoms with Crippen LogP contribution < -0.4 is 0 Å². The number of unbranched alkanes of at least 4 members (excludes halogenated alkanes) is 2. The van der Waals surface area contributed by atoms with Gasteiger partial charge in [0.15, 0.2) is 5.92 Å². The third-order valence-corrected chi connectivity index (χ3v) is 2.37. The molecule has 0 aromatic heterocycles. The van der Waals surface area contributed by atoms with Crippen LogP contribution in [0.2, 0.25) is 0 Å². The van der Waals surface area contributed by atoms with Crippen molar-refractivity contribution >= 4 is 0 Å². The Kier molecular flexibility index (Phi) is 9.12. The second-order valence-corrected chi connectivity index (χ2v) is 3.82. The van der Waals surface area contributed by atoms with Gasteiger partial charge in [-0.1, -0.05) is 26.7 Å². The molecule has 0 fully saturated rings. The van der Waals surface area contributed by atoms with Gasteiger partial charge in [-0.25, -0.2) is 0 Å². The highest BCUT2D eigenvalue weighted by Gasteiger charge is 2.01. The summed E-state index contributed by atoms with van der Waals surface area (Å²) in [6, 6.07) is 3.89. The first-order chi connectivity index (χ1) is 7.78. The highest BCUT2D eigenvalue weighted by atomic mass is 15.1. The van der Waals surface area contributed by atoms with E-state index >= 15 is 0 Å². The highest BCUT2D eigenvalue weighted by molar-refractivity contribution is 5.11. The lowest BCUT2D eigenvalue weighted by Crippen LogP contribution is -2.20. The summed E-state index contributed by atoms with van der Waals surface area (Å²) in [5.41, 5.74) is 0. The van der Waals surface area contributed by atoms with Crippen LogP contribution in [0, 0.1) is 28.6 Å². The minimum Gasteiger partial charge on any atom is -0.378 e. The molecule has 88 valence electrons. The van der Waals surface area contributed by atoms with Crippen LogP contribution in [0.1, 0.15) is 39.5 Å². The summed E-state index contributed by atoms with van der Waals surface area (Å²) in [6.07, 6.45) is 8.22. The van der Waals surface area contributed by atoms with Gasteiger partial charge < -0.3 is 4.90 Å². The molecule has 0 aliphatic carbocycles. The van der Waals surface area contributed by atoms with Crippen LogP contribution in [-0.4, -0.2) is 18.0 Å². The van der Waals surface area contributed by atoms with Gasteiger partial charge in [0.25, 0.3) is 0 Å². The maximum Gasteiger partial charge on any atom is 0.153 e. The summed E-state index contributed by atoms with van der Waals surface area (Å²) < 4.78 is 0. The molecule has 0 rings (SSSR count). The van der Waals surface area contributed by atoms with E-state index in [1.54, 1.807) is 6.08 Å². The monoisotopic (exact) mass is 219 g/mol. The summed E-state index contributed by atoms with van der Waals surface area (Å²) in [7, 11) is 0. The minimum atomic E-state index is -0.620. The number of hydrogen-bond acceptors (Lipinski definition) is 3. The van der Waals surface area contributed by atoms with Gasteiger partial charge in [-0.15, -0.1) is 0 Å². The Morgan fingerprint density at radius 2 is 1.56 bits per heavy atom. The Bertz CT molecular complexity index is 248. The van der Waals surface area contributed by atoms with Crippen molar-refractivity contribution in [1.29, 1.82) is 10.5 Å². The second-order valence-electron chi connectivity index (χ2n) is 3.82. The topological polar surface area (TPSA) is 50.8 Å². The van der Waals surface area contributed by atoms with Crippen LogP contribution in [0.5, 0.6) is 0 Å². The number of hydrogen-bond donors (Lipinski definition) is 0. The molecule has 0 aliphatic heterocycles. The Morgan fingerprint density at radius 1 is 1.06 bits per heavy atom. The summed E-state index contributed by atoms with van der Waals surface area (Å²) in [5, 5.41) is 17.3. The molecule has 0 radical (unpaired) electrons. The molecular formula is C13H21N3. The van der Waals surface area contributed by atoms with Gasteiger partial charge in [-0.2, -0.15) is 10.5 Å². The van der Waals surface area contributed by atoms with E-state index in [0.29, 0.717) is 0 Å². The Hall–Kier alpha value is -1.48. The van der Waals surface area contributed by atoms with Crippen molar-refractivity contribution in [1.82, 2.24) is 4.90 Å². The minimum absolute atomic E-state index is 0.620. The average molecular weight is 219 g/mol. The molecule has 0 unspecified atom stereocenters. The van der Waals surface area contributed by atoms with E-state index in [1.165, 1.54) is 0 Å². The van der Waals surface area contributed by atoms with Crippen molar-refractivity contribution < 1.29 is 0 Å². The first-order valence-corrected chi connectivity index (χ1v) is 6.00. The number of allylic oxidation sites excluding steroid dienone is 1. The van der Waals surface area contributed by atoms with Crippen molar-refractivity contribution in [2.75, 3.05) is 13.1 Å². The van der Waals surface area contributed by atoms with Gasteiger partial charge in [-0.05, 0) is 25.1 Å². The molecule has 0 aromatic rings. The van der Waals surface area contributed by atoms with Crippen molar-refractivity contribution in [3.05, 3.63) is 12.3 Å². The quantitative estimate of drug-likeness (QED) is 0.630. The van der Waals surface area contributed by atoms with E-state index in [2.05, 4.69) is 18.7 Å². The van der Waals surface area contributed by atoms with Crippen LogP contribution >= 0.6 is 0 Å². The maximum atomic E-state index is 8.65. The molecule has 0 bridgehead atoms. The number of rotatable bonds is 8. The van der Waals surface area contributed by atoms with Gasteiger partial charge in [0.1, 0.15) is 0 Å². The largest absolute Gasteiger partial charge is 0.378 e. The molecular weight excluding hydrogens is 198 g/mol. The van der Waals surface area contributed by atoms with E-state index in [1.807, 2.05) is 18.3 Å². The molecule has 0 aromatic carbocycles. The maximum absolute atomic E-state index is 8.65. The molecule has 3 heteroatoms. The Morgan fingerprint density at radius 3 is 1.94 bits per heavy atom. The van der Waals surface area contributed by atoms with Gasteiger partial charge in [0, 0.05) is 13.1 Å². The van der Waals surface area contributed by atoms with Crippen molar-refractivity contribution in [2.24, 2.45) is 5.92 Å². The van der Waals surface area contributed by atoms with E-state index in [4.69, 9.17) is 10.5 Å². The molecule has 0 amide bonds. The summed E-state index contributed by atoms with van der Waals surface area (Å²) >= 11 is 0. The lowest BCUT2D eigenvalue weighted by Gasteiger charge is -2.19. The fourth-order valence-corrected chi connectivity index (χ4v) is 1.31. The first-order valence-electron chi connectivity index (χ1n) is 6.00. The predicted octanol–water partition coefficient (Wildman–Crippen LogP) is 3.07. The van der Waals surface area contributed by atoms with Gasteiger partial charge in [0.2, 0.25) is 0 Å². The molecule has 0 N–H and O–H groups in total. The average Bonchev–Trinajstić information content (AvgIpc) is 2.32. The fourth-order valence-electron chi connectivity index (χ4n) is 1.31. The zero-order valence-corrected chi connectivity index (χ0v) is 10.3. The van der Waals surface area contributed by atoms with Crippen LogP contribution in [-0.2, 0) is 0 Å². The molecule has 0 aliphatic rings. The van der Waals surface area contributed by atoms with E-state index in [-0.39, 0.29) is 0 Å². The van der Waals surface area contributed by atoms with Crippen molar-refractivity contribution in [2.45, 2.75) is 39.5 Å². The van der Waals surface area contributed by atoms with E-state index in [0.717, 1.165) is 38.8 Å². The normalized spacial score (nSPS) is 10.3. The van der Waals surface area contributed by atoms with Gasteiger partial charge >= 0.3 is 0 Å². The first kappa shape index (κ1) is 14.5.